The predicted octanol–water partition coefficient (Wildman–Crippen LogP) is 4.17. The topological polar surface area (TPSA) is 40.6 Å². The van der Waals surface area contributed by atoms with Crippen molar-refractivity contribution in [2.75, 3.05) is 16.3 Å². The van der Waals surface area contributed by atoms with E-state index in [0.717, 1.165) is 17.7 Å². The molecule has 0 aliphatic carbocycles. The van der Waals surface area contributed by atoms with E-state index < -0.39 is 5.91 Å². The number of anilines is 2. The lowest BCUT2D eigenvalue weighted by Gasteiger charge is -2.21. The van der Waals surface area contributed by atoms with Crippen LogP contribution in [0.5, 0.6) is 0 Å². The van der Waals surface area contributed by atoms with Gasteiger partial charge in [0.1, 0.15) is 11.5 Å². The van der Waals surface area contributed by atoms with E-state index in [1.54, 1.807) is 36.4 Å². The van der Waals surface area contributed by atoms with Crippen LogP contribution in [0.2, 0.25) is 0 Å². The Hall–Kier alpha value is -3.73. The Kier molecular flexibility index (Phi) is 4.02. The first kappa shape index (κ1) is 17.4. The molecule has 5 heteroatoms. The molecule has 3 aromatic rings. The van der Waals surface area contributed by atoms with Crippen LogP contribution in [0.1, 0.15) is 11.1 Å². The van der Waals surface area contributed by atoms with Crippen molar-refractivity contribution in [3.8, 4) is 0 Å². The van der Waals surface area contributed by atoms with Gasteiger partial charge in [0.2, 0.25) is 0 Å². The Morgan fingerprint density at radius 2 is 1.45 bits per heavy atom. The van der Waals surface area contributed by atoms with Crippen molar-refractivity contribution in [2.45, 2.75) is 6.42 Å². The first-order valence-corrected chi connectivity index (χ1v) is 9.44. The van der Waals surface area contributed by atoms with Crippen LogP contribution in [-0.4, -0.2) is 18.4 Å². The number of carbonyl (C=O) groups excluding carboxylic acids is 2. The van der Waals surface area contributed by atoms with Crippen molar-refractivity contribution < 1.29 is 14.0 Å². The summed E-state index contributed by atoms with van der Waals surface area (Å²) in [5.41, 5.74) is 3.76. The summed E-state index contributed by atoms with van der Waals surface area (Å²) >= 11 is 0. The molecule has 0 radical (unpaired) electrons. The normalized spacial score (nSPS) is 16.0. The second-order valence-corrected chi connectivity index (χ2v) is 7.04. The number of rotatable bonds is 3. The molecule has 5 rings (SSSR count). The van der Waals surface area contributed by atoms with Crippen LogP contribution in [0, 0.1) is 5.82 Å². The maximum atomic E-state index is 13.5. The molecule has 0 unspecified atom stereocenters. The molecular formula is C24H17FN2O2. The number of para-hydroxylation sites is 2. The van der Waals surface area contributed by atoms with Crippen LogP contribution in [0.3, 0.4) is 0 Å². The Balaban J connectivity index is 1.69. The quantitative estimate of drug-likeness (QED) is 0.637. The molecule has 0 aromatic heterocycles. The zero-order valence-electron chi connectivity index (χ0n) is 15.5. The fraction of sp³-hybridized carbons (Fsp3) is 0.0833. The van der Waals surface area contributed by atoms with Gasteiger partial charge >= 0.3 is 0 Å². The molecule has 0 N–H and O–H groups in total. The standard InChI is InChI=1S/C24H17FN2O2/c25-18-12-10-17(11-13-18)21-22(26-15-14-16-6-4-5-9-20(16)26)24(29)27(23(21)28)19-7-2-1-3-8-19/h1-13H,14-15H2. The predicted molar refractivity (Wildman–Crippen MR) is 110 cm³/mol. The van der Waals surface area contributed by atoms with Gasteiger partial charge in [0.05, 0.1) is 11.3 Å². The third-order valence-corrected chi connectivity index (χ3v) is 5.36. The van der Waals surface area contributed by atoms with E-state index in [0.29, 0.717) is 29.1 Å². The van der Waals surface area contributed by atoms with E-state index in [2.05, 4.69) is 0 Å². The minimum atomic E-state index is -0.396. The van der Waals surface area contributed by atoms with E-state index in [1.165, 1.54) is 17.0 Å². The SMILES string of the molecule is O=C1C(c2ccc(F)cc2)=C(N2CCc3ccccc32)C(=O)N1c1ccccc1. The molecule has 0 bridgehead atoms. The van der Waals surface area contributed by atoms with Crippen molar-refractivity contribution in [3.05, 3.63) is 102 Å². The molecule has 3 aromatic carbocycles. The summed E-state index contributed by atoms with van der Waals surface area (Å²) < 4.78 is 13.5. The van der Waals surface area contributed by atoms with Gasteiger partial charge in [0.15, 0.2) is 0 Å². The molecule has 142 valence electrons. The van der Waals surface area contributed by atoms with Crippen molar-refractivity contribution >= 4 is 28.8 Å². The largest absolute Gasteiger partial charge is 0.336 e. The number of hydrogen-bond donors (Lipinski definition) is 0. The van der Waals surface area contributed by atoms with Gasteiger partial charge in [-0.05, 0) is 47.9 Å². The minimum absolute atomic E-state index is 0.301. The van der Waals surface area contributed by atoms with Crippen LogP contribution in [-0.2, 0) is 16.0 Å². The summed E-state index contributed by atoms with van der Waals surface area (Å²) in [6.45, 7) is 0.612. The molecule has 0 spiro atoms. The lowest BCUT2D eigenvalue weighted by Crippen LogP contribution is -2.34. The first-order valence-electron chi connectivity index (χ1n) is 9.44. The minimum Gasteiger partial charge on any atom is -0.336 e. The maximum absolute atomic E-state index is 13.5. The summed E-state index contributed by atoms with van der Waals surface area (Å²) in [4.78, 5) is 30.0. The fourth-order valence-electron chi connectivity index (χ4n) is 4.03. The van der Waals surface area contributed by atoms with Crippen LogP contribution in [0.4, 0.5) is 15.8 Å². The highest BCUT2D eigenvalue weighted by Crippen LogP contribution is 2.39. The highest BCUT2D eigenvalue weighted by atomic mass is 19.1. The lowest BCUT2D eigenvalue weighted by molar-refractivity contribution is -0.120. The van der Waals surface area contributed by atoms with Crippen LogP contribution in [0.25, 0.3) is 5.57 Å². The zero-order valence-corrected chi connectivity index (χ0v) is 15.5. The maximum Gasteiger partial charge on any atom is 0.282 e. The molecule has 2 aliphatic rings. The number of hydrogen-bond acceptors (Lipinski definition) is 3. The summed E-state index contributed by atoms with van der Waals surface area (Å²) in [5.74, 6) is -1.15. The Bertz CT molecular complexity index is 1150. The van der Waals surface area contributed by atoms with Gasteiger partial charge in [-0.15, -0.1) is 0 Å². The van der Waals surface area contributed by atoms with Gasteiger partial charge in [-0.3, -0.25) is 9.59 Å². The highest BCUT2D eigenvalue weighted by Gasteiger charge is 2.43. The van der Waals surface area contributed by atoms with Crippen molar-refractivity contribution in [1.29, 1.82) is 0 Å². The van der Waals surface area contributed by atoms with Crippen LogP contribution in [0.15, 0.2) is 84.6 Å². The van der Waals surface area contributed by atoms with Gasteiger partial charge in [0, 0.05) is 12.2 Å². The molecule has 4 nitrogen and oxygen atoms in total. The lowest BCUT2D eigenvalue weighted by atomic mass is 10.0. The third-order valence-electron chi connectivity index (χ3n) is 5.36. The monoisotopic (exact) mass is 384 g/mol. The summed E-state index contributed by atoms with van der Waals surface area (Å²) in [6, 6.07) is 22.5. The Morgan fingerprint density at radius 3 is 2.21 bits per heavy atom. The second-order valence-electron chi connectivity index (χ2n) is 7.04. The van der Waals surface area contributed by atoms with E-state index in [4.69, 9.17) is 0 Å². The third kappa shape index (κ3) is 2.74. The van der Waals surface area contributed by atoms with E-state index in [-0.39, 0.29) is 11.7 Å². The molecule has 0 saturated heterocycles. The van der Waals surface area contributed by atoms with Gasteiger partial charge < -0.3 is 4.90 Å². The summed E-state index contributed by atoms with van der Waals surface area (Å²) in [5, 5.41) is 0. The average Bonchev–Trinajstić information content (AvgIpc) is 3.27. The van der Waals surface area contributed by atoms with Crippen LogP contribution < -0.4 is 9.80 Å². The first-order chi connectivity index (χ1) is 14.1. The van der Waals surface area contributed by atoms with Gasteiger partial charge in [-0.2, -0.15) is 0 Å². The smallest absolute Gasteiger partial charge is 0.282 e. The fourth-order valence-corrected chi connectivity index (χ4v) is 4.03. The number of imide groups is 1. The van der Waals surface area contributed by atoms with Gasteiger partial charge in [0.25, 0.3) is 11.8 Å². The molecule has 0 fully saturated rings. The zero-order chi connectivity index (χ0) is 20.0. The number of carbonyl (C=O) groups is 2. The molecule has 2 amide bonds. The van der Waals surface area contributed by atoms with Gasteiger partial charge in [-0.1, -0.05) is 48.5 Å². The molecule has 2 aliphatic heterocycles. The van der Waals surface area contributed by atoms with Crippen molar-refractivity contribution in [1.82, 2.24) is 0 Å². The summed E-state index contributed by atoms with van der Waals surface area (Å²) in [7, 11) is 0. The van der Waals surface area contributed by atoms with Crippen LogP contribution >= 0.6 is 0 Å². The van der Waals surface area contributed by atoms with Crippen molar-refractivity contribution in [2.24, 2.45) is 0 Å². The Morgan fingerprint density at radius 1 is 0.759 bits per heavy atom. The number of halogens is 1. The van der Waals surface area contributed by atoms with Gasteiger partial charge in [-0.25, -0.2) is 9.29 Å². The number of amides is 2. The number of benzene rings is 3. The van der Waals surface area contributed by atoms with E-state index in [9.17, 15) is 14.0 Å². The molecule has 0 atom stereocenters. The van der Waals surface area contributed by atoms with E-state index in [1.807, 2.05) is 35.2 Å². The molecule has 29 heavy (non-hydrogen) atoms. The average molecular weight is 384 g/mol. The van der Waals surface area contributed by atoms with Crippen molar-refractivity contribution in [3.63, 3.8) is 0 Å². The summed E-state index contributed by atoms with van der Waals surface area (Å²) in [6.07, 6.45) is 0.795. The second kappa shape index (κ2) is 6.71. The number of nitrogens with zero attached hydrogens (tertiary/aromatic N) is 2. The Labute approximate surface area is 167 Å². The molecule has 0 saturated carbocycles. The highest BCUT2D eigenvalue weighted by molar-refractivity contribution is 6.46. The number of fused-ring (bicyclic) bond motifs is 1. The molecule has 2 heterocycles. The molecular weight excluding hydrogens is 367 g/mol. The van der Waals surface area contributed by atoms with E-state index >= 15 is 0 Å².